The molecule has 0 aromatic heterocycles. The van der Waals surface area contributed by atoms with Crippen LogP contribution >= 0.6 is 0 Å². The molecule has 0 bridgehead atoms. The number of aliphatic hydroxyl groups excluding tert-OH is 3. The largest absolute Gasteiger partial charge is 0.444 e. The summed E-state index contributed by atoms with van der Waals surface area (Å²) < 4.78 is 18.3. The third-order valence-corrected chi connectivity index (χ3v) is 3.07. The van der Waals surface area contributed by atoms with Crippen molar-refractivity contribution >= 4 is 6.09 Å². The van der Waals surface area contributed by atoms with Crippen molar-refractivity contribution in [3.63, 3.8) is 0 Å². The first-order valence-corrected chi connectivity index (χ1v) is 7.36. The van der Waals surface area contributed by atoms with E-state index in [1.54, 1.807) is 20.8 Å². The molecule has 1 aromatic rings. The number of alkyl carbamates (subject to hydrolysis) is 1. The van der Waals surface area contributed by atoms with E-state index in [1.807, 2.05) is 0 Å². The lowest BCUT2D eigenvalue weighted by molar-refractivity contribution is 0.0111. The normalized spacial score (nSPS) is 14.2. The van der Waals surface area contributed by atoms with Crippen LogP contribution in [0.25, 0.3) is 0 Å². The van der Waals surface area contributed by atoms with Crippen molar-refractivity contribution in [1.82, 2.24) is 5.32 Å². The van der Waals surface area contributed by atoms with Gasteiger partial charge in [0.15, 0.2) is 0 Å². The first-order chi connectivity index (χ1) is 10.6. The Labute approximate surface area is 134 Å². The van der Waals surface area contributed by atoms with Crippen molar-refractivity contribution in [2.75, 3.05) is 6.54 Å². The van der Waals surface area contributed by atoms with Gasteiger partial charge in [-0.2, -0.15) is 0 Å². The van der Waals surface area contributed by atoms with Crippen LogP contribution in [0.5, 0.6) is 0 Å². The predicted octanol–water partition coefficient (Wildman–Crippen LogP) is 1.63. The third kappa shape index (κ3) is 6.52. The van der Waals surface area contributed by atoms with Crippen LogP contribution in [-0.2, 0) is 11.3 Å². The second-order valence-electron chi connectivity index (χ2n) is 6.23. The van der Waals surface area contributed by atoms with E-state index >= 15 is 0 Å². The first kappa shape index (κ1) is 19.3. The Morgan fingerprint density at radius 1 is 1.35 bits per heavy atom. The second kappa shape index (κ2) is 8.24. The van der Waals surface area contributed by atoms with Crippen molar-refractivity contribution in [1.29, 1.82) is 0 Å². The van der Waals surface area contributed by atoms with E-state index in [9.17, 15) is 24.5 Å². The summed E-state index contributed by atoms with van der Waals surface area (Å²) in [5.41, 5.74) is -0.171. The molecule has 23 heavy (non-hydrogen) atoms. The molecule has 0 aliphatic carbocycles. The van der Waals surface area contributed by atoms with E-state index in [0.29, 0.717) is 5.56 Å². The van der Waals surface area contributed by atoms with E-state index in [1.165, 1.54) is 6.07 Å². The topological polar surface area (TPSA) is 99.0 Å². The molecule has 0 spiro atoms. The maximum atomic E-state index is 13.3. The molecular weight excluding hydrogens is 305 g/mol. The lowest BCUT2D eigenvalue weighted by Crippen LogP contribution is -2.34. The highest BCUT2D eigenvalue weighted by atomic mass is 19.1. The number of halogens is 1. The number of ether oxygens (including phenoxy) is 1. The number of benzene rings is 1. The molecule has 0 saturated carbocycles. The molecule has 0 radical (unpaired) electrons. The Kier molecular flexibility index (Phi) is 6.93. The quantitative estimate of drug-likeness (QED) is 0.636. The van der Waals surface area contributed by atoms with Crippen LogP contribution < -0.4 is 5.32 Å². The van der Waals surface area contributed by atoms with Gasteiger partial charge in [0.2, 0.25) is 0 Å². The summed E-state index contributed by atoms with van der Waals surface area (Å²) in [6, 6.07) is 3.58. The van der Waals surface area contributed by atoms with Crippen LogP contribution in [0, 0.1) is 5.82 Å². The van der Waals surface area contributed by atoms with E-state index in [2.05, 4.69) is 5.32 Å². The molecule has 1 rings (SSSR count). The highest BCUT2D eigenvalue weighted by molar-refractivity contribution is 5.67. The van der Waals surface area contributed by atoms with Crippen molar-refractivity contribution in [2.24, 2.45) is 0 Å². The Balaban J connectivity index is 2.56. The second-order valence-corrected chi connectivity index (χ2v) is 6.23. The van der Waals surface area contributed by atoms with Crippen molar-refractivity contribution in [3.8, 4) is 0 Å². The molecule has 130 valence electrons. The molecule has 6 nitrogen and oxygen atoms in total. The first-order valence-electron chi connectivity index (χ1n) is 7.36. The number of rotatable bonds is 6. The molecular formula is C16H24FNO5. The van der Waals surface area contributed by atoms with Crippen LogP contribution in [-0.4, -0.2) is 39.7 Å². The van der Waals surface area contributed by atoms with Gasteiger partial charge in [0.05, 0.1) is 12.7 Å². The minimum Gasteiger partial charge on any atom is -0.444 e. The molecule has 1 amide bonds. The SMILES string of the molecule is CC(C)(C)OC(=O)NCCC(O)C(O)c1cc(F)ccc1CO. The number of nitrogens with one attached hydrogen (secondary N) is 1. The van der Waals surface area contributed by atoms with Gasteiger partial charge >= 0.3 is 6.09 Å². The van der Waals surface area contributed by atoms with Crippen LogP contribution in [0.1, 0.15) is 44.4 Å². The van der Waals surface area contributed by atoms with E-state index in [4.69, 9.17) is 4.74 Å². The van der Waals surface area contributed by atoms with Gasteiger partial charge in [0.1, 0.15) is 17.5 Å². The van der Waals surface area contributed by atoms with E-state index < -0.39 is 29.7 Å². The molecule has 0 aliphatic heterocycles. The number of hydrogen-bond donors (Lipinski definition) is 4. The van der Waals surface area contributed by atoms with Gasteiger partial charge in [-0.1, -0.05) is 6.07 Å². The maximum absolute atomic E-state index is 13.3. The lowest BCUT2D eigenvalue weighted by Gasteiger charge is -2.22. The lowest BCUT2D eigenvalue weighted by atomic mass is 9.97. The molecule has 0 fully saturated rings. The summed E-state index contributed by atoms with van der Waals surface area (Å²) in [7, 11) is 0. The number of amides is 1. The predicted molar refractivity (Wildman–Crippen MR) is 82.1 cm³/mol. The van der Waals surface area contributed by atoms with Gasteiger partial charge in [0, 0.05) is 6.54 Å². The fourth-order valence-corrected chi connectivity index (χ4v) is 1.99. The third-order valence-electron chi connectivity index (χ3n) is 3.07. The number of carbonyl (C=O) groups is 1. The smallest absolute Gasteiger partial charge is 0.407 e. The zero-order valence-electron chi connectivity index (χ0n) is 13.5. The summed E-state index contributed by atoms with van der Waals surface area (Å²) in [6.07, 6.45) is -3.17. The zero-order valence-corrected chi connectivity index (χ0v) is 13.5. The highest BCUT2D eigenvalue weighted by Crippen LogP contribution is 2.24. The summed E-state index contributed by atoms with van der Waals surface area (Å²) in [4.78, 5) is 11.5. The molecule has 0 saturated heterocycles. The molecule has 1 aromatic carbocycles. The zero-order chi connectivity index (χ0) is 17.6. The van der Waals surface area contributed by atoms with Crippen molar-refractivity contribution in [3.05, 3.63) is 35.1 Å². The Morgan fingerprint density at radius 3 is 2.57 bits per heavy atom. The summed E-state index contributed by atoms with van der Waals surface area (Å²) >= 11 is 0. The standard InChI is InChI=1S/C16H24FNO5/c1-16(2,3)23-15(22)18-7-6-13(20)14(21)12-8-11(17)5-4-10(12)9-19/h4-5,8,13-14,19-21H,6-7,9H2,1-3H3,(H,18,22). The van der Waals surface area contributed by atoms with Gasteiger partial charge in [0.25, 0.3) is 0 Å². The van der Waals surface area contributed by atoms with E-state index in [-0.39, 0.29) is 25.1 Å². The van der Waals surface area contributed by atoms with Crippen LogP contribution in [0.2, 0.25) is 0 Å². The van der Waals surface area contributed by atoms with Gasteiger partial charge < -0.3 is 25.4 Å². The van der Waals surface area contributed by atoms with Gasteiger partial charge in [-0.05, 0) is 50.5 Å². The summed E-state index contributed by atoms with van der Waals surface area (Å²) in [5.74, 6) is -0.574. The average Bonchev–Trinajstić information content (AvgIpc) is 2.44. The molecule has 0 aliphatic rings. The van der Waals surface area contributed by atoms with Crippen molar-refractivity contribution < 1.29 is 29.2 Å². The van der Waals surface area contributed by atoms with E-state index in [0.717, 1.165) is 12.1 Å². The van der Waals surface area contributed by atoms with Gasteiger partial charge in [-0.15, -0.1) is 0 Å². The fourth-order valence-electron chi connectivity index (χ4n) is 1.99. The monoisotopic (exact) mass is 329 g/mol. The van der Waals surface area contributed by atoms with Gasteiger partial charge in [-0.25, -0.2) is 9.18 Å². The van der Waals surface area contributed by atoms with Crippen molar-refractivity contribution in [2.45, 2.75) is 51.6 Å². The number of carbonyl (C=O) groups excluding carboxylic acids is 1. The van der Waals surface area contributed by atoms with Crippen LogP contribution in [0.3, 0.4) is 0 Å². The summed E-state index contributed by atoms with van der Waals surface area (Å²) in [6.45, 7) is 4.88. The summed E-state index contributed by atoms with van der Waals surface area (Å²) in [5, 5.41) is 31.8. The molecule has 2 unspecified atom stereocenters. The molecule has 2 atom stereocenters. The molecule has 7 heteroatoms. The van der Waals surface area contributed by atoms with Crippen LogP contribution in [0.4, 0.5) is 9.18 Å². The maximum Gasteiger partial charge on any atom is 0.407 e. The number of aliphatic hydroxyl groups is 3. The van der Waals surface area contributed by atoms with Gasteiger partial charge in [-0.3, -0.25) is 0 Å². The Morgan fingerprint density at radius 2 is 2.00 bits per heavy atom. The highest BCUT2D eigenvalue weighted by Gasteiger charge is 2.22. The fraction of sp³-hybridized carbons (Fsp3) is 0.562. The van der Waals surface area contributed by atoms with Crippen LogP contribution in [0.15, 0.2) is 18.2 Å². The average molecular weight is 329 g/mol. The minimum absolute atomic E-state index is 0.0434. The molecule has 4 N–H and O–H groups in total. The Hall–Kier alpha value is -1.70. The minimum atomic E-state index is -1.37. The Bertz CT molecular complexity index is 530. The number of hydrogen-bond acceptors (Lipinski definition) is 5. The molecule has 0 heterocycles.